The zero-order valence-corrected chi connectivity index (χ0v) is 11.2. The normalized spacial score (nSPS) is 22.9. The van der Waals surface area contributed by atoms with Crippen LogP contribution in [0, 0.1) is 6.92 Å². The maximum absolute atomic E-state index is 6.09. The van der Waals surface area contributed by atoms with Gasteiger partial charge in [-0.3, -0.25) is 5.10 Å². The Hall–Kier alpha value is -0.870. The highest BCUT2D eigenvalue weighted by atomic mass is 15.2. The van der Waals surface area contributed by atoms with Crippen LogP contribution in [0.3, 0.4) is 0 Å². The predicted octanol–water partition coefficient (Wildman–Crippen LogP) is 1.63. The van der Waals surface area contributed by atoms with Crippen LogP contribution in [-0.4, -0.2) is 40.3 Å². The van der Waals surface area contributed by atoms with E-state index in [4.69, 9.17) is 5.73 Å². The zero-order chi connectivity index (χ0) is 12.5. The molecule has 1 fully saturated rings. The summed E-state index contributed by atoms with van der Waals surface area (Å²) < 4.78 is 0. The maximum atomic E-state index is 6.09. The molecule has 2 rings (SSSR count). The van der Waals surface area contributed by atoms with Crippen LogP contribution in [0.25, 0.3) is 0 Å². The molecule has 4 heteroatoms. The molecule has 1 unspecified atom stereocenters. The monoisotopic (exact) mass is 236 g/mol. The van der Waals surface area contributed by atoms with Crippen molar-refractivity contribution in [1.82, 2.24) is 15.1 Å². The quantitative estimate of drug-likeness (QED) is 0.838. The Bertz CT molecular complexity index is 364. The van der Waals surface area contributed by atoms with Crippen LogP contribution in [0.15, 0.2) is 6.07 Å². The third kappa shape index (κ3) is 3.54. The van der Waals surface area contributed by atoms with Crippen molar-refractivity contribution in [2.24, 2.45) is 5.73 Å². The summed E-state index contributed by atoms with van der Waals surface area (Å²) in [6.07, 6.45) is 2.48. The number of nitrogens with one attached hydrogen (secondary N) is 1. The molecule has 1 aromatic rings. The Morgan fingerprint density at radius 3 is 2.94 bits per heavy atom. The molecule has 0 aromatic carbocycles. The molecular weight excluding hydrogens is 212 g/mol. The molecule has 96 valence electrons. The molecule has 0 aliphatic carbocycles. The van der Waals surface area contributed by atoms with E-state index >= 15 is 0 Å². The summed E-state index contributed by atoms with van der Waals surface area (Å²) in [5.74, 6) is 0.566. The van der Waals surface area contributed by atoms with Gasteiger partial charge in [-0.2, -0.15) is 5.10 Å². The number of hydrogen-bond acceptors (Lipinski definition) is 3. The van der Waals surface area contributed by atoms with E-state index < -0.39 is 0 Å². The van der Waals surface area contributed by atoms with E-state index in [0.717, 1.165) is 18.8 Å². The topological polar surface area (TPSA) is 57.9 Å². The largest absolute Gasteiger partial charge is 0.324 e. The minimum absolute atomic E-state index is 0.108. The van der Waals surface area contributed by atoms with Crippen molar-refractivity contribution < 1.29 is 0 Å². The molecule has 0 spiro atoms. The lowest BCUT2D eigenvalue weighted by molar-refractivity contribution is 0.174. The molecule has 1 aromatic heterocycles. The summed E-state index contributed by atoms with van der Waals surface area (Å²) in [5.41, 5.74) is 8.34. The van der Waals surface area contributed by atoms with Crippen molar-refractivity contribution in [3.05, 3.63) is 17.5 Å². The minimum Gasteiger partial charge on any atom is -0.324 e. The van der Waals surface area contributed by atoms with E-state index in [0.29, 0.717) is 5.92 Å². The van der Waals surface area contributed by atoms with Crippen LogP contribution in [0.2, 0.25) is 0 Å². The van der Waals surface area contributed by atoms with Crippen LogP contribution < -0.4 is 5.73 Å². The van der Waals surface area contributed by atoms with Gasteiger partial charge in [0.05, 0.1) is 5.69 Å². The van der Waals surface area contributed by atoms with Gasteiger partial charge < -0.3 is 10.6 Å². The Morgan fingerprint density at radius 2 is 2.35 bits per heavy atom. The van der Waals surface area contributed by atoms with Crippen molar-refractivity contribution in [3.8, 4) is 0 Å². The Kier molecular flexibility index (Phi) is 3.54. The second-order valence-electron chi connectivity index (χ2n) is 6.04. The molecule has 0 amide bonds. The number of nitrogens with zero attached hydrogens (tertiary/aromatic N) is 2. The first-order valence-electron chi connectivity index (χ1n) is 6.47. The second-order valence-corrected chi connectivity index (χ2v) is 6.04. The first-order chi connectivity index (χ1) is 7.94. The van der Waals surface area contributed by atoms with Gasteiger partial charge in [0.25, 0.3) is 0 Å². The van der Waals surface area contributed by atoms with Gasteiger partial charge in [-0.15, -0.1) is 0 Å². The third-order valence-corrected chi connectivity index (χ3v) is 3.28. The predicted molar refractivity (Wildman–Crippen MR) is 70.0 cm³/mol. The van der Waals surface area contributed by atoms with Crippen LogP contribution in [0.5, 0.6) is 0 Å². The average Bonchev–Trinajstić information content (AvgIpc) is 2.63. The van der Waals surface area contributed by atoms with Gasteiger partial charge in [0.1, 0.15) is 0 Å². The lowest BCUT2D eigenvalue weighted by Crippen LogP contribution is -2.48. The number of H-pyrrole nitrogens is 1. The number of likely N-dealkylation sites (tertiary alicyclic amines) is 1. The van der Waals surface area contributed by atoms with E-state index in [-0.39, 0.29) is 5.54 Å². The molecule has 1 aliphatic rings. The smallest absolute Gasteiger partial charge is 0.0668 e. The zero-order valence-electron chi connectivity index (χ0n) is 11.2. The number of aromatic amines is 1. The summed E-state index contributed by atoms with van der Waals surface area (Å²) in [6.45, 7) is 9.46. The van der Waals surface area contributed by atoms with Gasteiger partial charge in [-0.1, -0.05) is 0 Å². The fourth-order valence-corrected chi connectivity index (χ4v) is 2.67. The standard InChI is InChI=1S/C13H24N4/c1-10-7-12(16-15-10)11-5-4-6-17(8-11)9-13(2,3)14/h7,11H,4-6,8-9,14H2,1-3H3,(H,15,16). The lowest BCUT2D eigenvalue weighted by Gasteiger charge is -2.36. The number of piperidine rings is 1. The molecule has 1 aliphatic heterocycles. The van der Waals surface area contributed by atoms with Gasteiger partial charge in [0.2, 0.25) is 0 Å². The fraction of sp³-hybridized carbons (Fsp3) is 0.769. The third-order valence-electron chi connectivity index (χ3n) is 3.28. The highest BCUT2D eigenvalue weighted by Crippen LogP contribution is 2.26. The van der Waals surface area contributed by atoms with E-state index in [9.17, 15) is 0 Å². The van der Waals surface area contributed by atoms with E-state index in [1.807, 2.05) is 0 Å². The molecule has 2 heterocycles. The highest BCUT2D eigenvalue weighted by molar-refractivity contribution is 5.13. The summed E-state index contributed by atoms with van der Waals surface area (Å²) >= 11 is 0. The first-order valence-corrected chi connectivity index (χ1v) is 6.47. The minimum atomic E-state index is -0.108. The summed E-state index contributed by atoms with van der Waals surface area (Å²) in [7, 11) is 0. The average molecular weight is 236 g/mol. The van der Waals surface area contributed by atoms with Crippen molar-refractivity contribution in [2.75, 3.05) is 19.6 Å². The van der Waals surface area contributed by atoms with Gasteiger partial charge in [0.15, 0.2) is 0 Å². The number of hydrogen-bond donors (Lipinski definition) is 2. The van der Waals surface area contributed by atoms with Gasteiger partial charge >= 0.3 is 0 Å². The Morgan fingerprint density at radius 1 is 1.59 bits per heavy atom. The van der Waals surface area contributed by atoms with E-state index in [1.54, 1.807) is 0 Å². The van der Waals surface area contributed by atoms with Gasteiger partial charge in [0, 0.05) is 30.2 Å². The van der Waals surface area contributed by atoms with Crippen LogP contribution >= 0.6 is 0 Å². The summed E-state index contributed by atoms with van der Waals surface area (Å²) in [6, 6.07) is 2.17. The highest BCUT2D eigenvalue weighted by Gasteiger charge is 2.25. The summed E-state index contributed by atoms with van der Waals surface area (Å²) in [5, 5.41) is 7.42. The molecular formula is C13H24N4. The van der Waals surface area contributed by atoms with Crippen LogP contribution in [-0.2, 0) is 0 Å². The fourth-order valence-electron chi connectivity index (χ4n) is 2.67. The van der Waals surface area contributed by atoms with Crippen LogP contribution in [0.4, 0.5) is 0 Å². The first kappa shape index (κ1) is 12.6. The number of rotatable bonds is 3. The van der Waals surface area contributed by atoms with E-state index in [2.05, 4.69) is 41.9 Å². The van der Waals surface area contributed by atoms with Crippen LogP contribution in [0.1, 0.15) is 44.0 Å². The molecule has 0 radical (unpaired) electrons. The van der Waals surface area contributed by atoms with Gasteiger partial charge in [-0.05, 0) is 46.2 Å². The molecule has 0 bridgehead atoms. The SMILES string of the molecule is Cc1cc(C2CCCN(CC(C)(C)N)C2)n[nH]1. The van der Waals surface area contributed by atoms with E-state index in [1.165, 1.54) is 25.1 Å². The summed E-state index contributed by atoms with van der Waals surface area (Å²) in [4.78, 5) is 2.47. The van der Waals surface area contributed by atoms with Gasteiger partial charge in [-0.25, -0.2) is 0 Å². The number of aromatic nitrogens is 2. The second kappa shape index (κ2) is 4.78. The van der Waals surface area contributed by atoms with Crippen molar-refractivity contribution in [3.63, 3.8) is 0 Å². The van der Waals surface area contributed by atoms with Crippen molar-refractivity contribution >= 4 is 0 Å². The Balaban J connectivity index is 1.97. The molecule has 0 saturated carbocycles. The molecule has 1 saturated heterocycles. The molecule has 3 N–H and O–H groups in total. The molecule has 17 heavy (non-hydrogen) atoms. The molecule has 4 nitrogen and oxygen atoms in total. The van der Waals surface area contributed by atoms with Crippen molar-refractivity contribution in [2.45, 2.75) is 45.1 Å². The van der Waals surface area contributed by atoms with Crippen molar-refractivity contribution in [1.29, 1.82) is 0 Å². The Labute approximate surface area is 104 Å². The lowest BCUT2D eigenvalue weighted by atomic mass is 9.93. The maximum Gasteiger partial charge on any atom is 0.0668 e. The molecule has 1 atom stereocenters. The number of aryl methyl sites for hydroxylation is 1. The number of nitrogens with two attached hydrogens (primary N) is 1.